The van der Waals surface area contributed by atoms with E-state index in [1.165, 1.54) is 25.5 Å². The number of aromatic nitrogens is 1. The number of furan rings is 1. The lowest BCUT2D eigenvalue weighted by molar-refractivity contribution is -0.385. The molecular formula is C29H28N4O9. The quantitative estimate of drug-likeness (QED) is 0.111. The Morgan fingerprint density at radius 2 is 1.74 bits per heavy atom. The fourth-order valence-corrected chi connectivity index (χ4v) is 4.02. The van der Waals surface area contributed by atoms with E-state index in [4.69, 9.17) is 18.6 Å². The van der Waals surface area contributed by atoms with Gasteiger partial charge in [0, 0.05) is 28.7 Å². The van der Waals surface area contributed by atoms with E-state index >= 15 is 0 Å². The molecule has 4 aromatic rings. The zero-order chi connectivity index (χ0) is 30.2. The van der Waals surface area contributed by atoms with Crippen molar-refractivity contribution in [3.8, 4) is 22.9 Å². The van der Waals surface area contributed by atoms with E-state index < -0.39 is 29.1 Å². The van der Waals surface area contributed by atoms with Crippen molar-refractivity contribution < 1.29 is 37.9 Å². The second kappa shape index (κ2) is 13.2. The highest BCUT2D eigenvalue weighted by molar-refractivity contribution is 5.92. The Kier molecular flexibility index (Phi) is 9.22. The molecule has 0 unspecified atom stereocenters. The predicted octanol–water partition coefficient (Wildman–Crippen LogP) is 4.50. The van der Waals surface area contributed by atoms with Crippen LogP contribution in [-0.2, 0) is 16.1 Å². The first-order valence-corrected chi connectivity index (χ1v) is 12.6. The van der Waals surface area contributed by atoms with Crippen molar-refractivity contribution in [2.24, 2.45) is 5.10 Å². The fourth-order valence-electron chi connectivity index (χ4n) is 4.02. The van der Waals surface area contributed by atoms with Crippen molar-refractivity contribution in [2.75, 3.05) is 20.8 Å². The Labute approximate surface area is 240 Å². The van der Waals surface area contributed by atoms with Gasteiger partial charge in [-0.15, -0.1) is 0 Å². The van der Waals surface area contributed by atoms with Gasteiger partial charge in [0.1, 0.15) is 18.1 Å². The van der Waals surface area contributed by atoms with Crippen LogP contribution >= 0.6 is 0 Å². The average molecular weight is 577 g/mol. The Balaban J connectivity index is 1.35. The molecule has 0 saturated carbocycles. The number of methoxy groups -OCH3 is 2. The van der Waals surface area contributed by atoms with E-state index in [2.05, 4.69) is 32.0 Å². The van der Waals surface area contributed by atoms with E-state index in [9.17, 15) is 19.7 Å². The third kappa shape index (κ3) is 6.94. The minimum absolute atomic E-state index is 0.00484. The van der Waals surface area contributed by atoms with Gasteiger partial charge in [-0.2, -0.15) is 5.10 Å². The maximum Gasteiger partial charge on any atom is 0.343 e. The normalized spacial score (nSPS) is 10.9. The summed E-state index contributed by atoms with van der Waals surface area (Å²) in [6.07, 6.45) is 1.19. The minimum atomic E-state index is -0.722. The number of rotatable bonds is 12. The molecule has 0 aliphatic rings. The molecule has 0 fully saturated rings. The summed E-state index contributed by atoms with van der Waals surface area (Å²) >= 11 is 0. The number of ether oxygens (including phenoxy) is 4. The van der Waals surface area contributed by atoms with Gasteiger partial charge in [-0.1, -0.05) is 0 Å². The summed E-state index contributed by atoms with van der Waals surface area (Å²) in [5, 5.41) is 15.4. The number of nitro benzene ring substituents is 1. The smallest absolute Gasteiger partial charge is 0.343 e. The van der Waals surface area contributed by atoms with E-state index in [1.807, 2.05) is 38.1 Å². The number of hydrogen-bond donors (Lipinski definition) is 1. The van der Waals surface area contributed by atoms with Gasteiger partial charge in [-0.05, 0) is 68.4 Å². The number of carbonyl (C=O) groups is 2. The molecule has 42 heavy (non-hydrogen) atoms. The molecule has 13 heteroatoms. The maximum absolute atomic E-state index is 12.5. The summed E-state index contributed by atoms with van der Waals surface area (Å²) in [6, 6.07) is 17.4. The Hall–Kier alpha value is -5.59. The number of esters is 1. The van der Waals surface area contributed by atoms with Crippen molar-refractivity contribution in [3.63, 3.8) is 0 Å². The number of hydrazone groups is 1. The number of nitro groups is 1. The molecule has 1 amide bonds. The Morgan fingerprint density at radius 3 is 2.38 bits per heavy atom. The maximum atomic E-state index is 12.5. The molecule has 0 spiro atoms. The van der Waals surface area contributed by atoms with E-state index in [1.54, 1.807) is 6.07 Å². The molecule has 0 aliphatic carbocycles. The third-order valence-corrected chi connectivity index (χ3v) is 6.05. The number of nitrogens with zero attached hydrogens (tertiary/aromatic N) is 3. The number of hydrogen-bond acceptors (Lipinski definition) is 10. The standard InChI is InChI=1S/C29H28N4O9/c1-18-5-6-19(2)32(18)21-7-9-22(10-8-21)40-16-23-11-12-25(42-23)29(35)31-30-15-20-13-24(33(36)37)28(26(14-20)38-3)41-17-27(34)39-4/h5-15H,16-17H2,1-4H3,(H,31,35)/b30-15+. The first-order valence-electron chi connectivity index (χ1n) is 12.6. The van der Waals surface area contributed by atoms with Crippen LogP contribution in [0.3, 0.4) is 0 Å². The van der Waals surface area contributed by atoms with Crippen molar-refractivity contribution in [1.29, 1.82) is 0 Å². The van der Waals surface area contributed by atoms with Crippen molar-refractivity contribution >= 4 is 23.8 Å². The molecule has 2 aromatic carbocycles. The van der Waals surface area contributed by atoms with Gasteiger partial charge in [-0.3, -0.25) is 14.9 Å². The van der Waals surface area contributed by atoms with Gasteiger partial charge in [-0.25, -0.2) is 10.2 Å². The van der Waals surface area contributed by atoms with Crippen LogP contribution in [0.4, 0.5) is 5.69 Å². The highest BCUT2D eigenvalue weighted by atomic mass is 16.6. The van der Waals surface area contributed by atoms with Crippen molar-refractivity contribution in [1.82, 2.24) is 9.99 Å². The summed E-state index contributed by atoms with van der Waals surface area (Å²) in [7, 11) is 2.45. The molecule has 2 aromatic heterocycles. The van der Waals surface area contributed by atoms with Crippen molar-refractivity contribution in [2.45, 2.75) is 20.5 Å². The third-order valence-electron chi connectivity index (χ3n) is 6.05. The van der Waals surface area contributed by atoms with Crippen LogP contribution in [0.15, 0.2) is 70.2 Å². The highest BCUT2D eigenvalue weighted by Gasteiger charge is 2.23. The molecule has 1 N–H and O–H groups in total. The molecule has 218 valence electrons. The van der Waals surface area contributed by atoms with Crippen molar-refractivity contribution in [3.05, 3.63) is 99.2 Å². The molecule has 0 bridgehead atoms. The molecule has 13 nitrogen and oxygen atoms in total. The van der Waals surface area contributed by atoms with Crippen LogP contribution in [0.5, 0.6) is 17.2 Å². The summed E-state index contributed by atoms with van der Waals surface area (Å²) in [5.74, 6) is -0.566. The Morgan fingerprint density at radius 1 is 1.02 bits per heavy atom. The molecule has 2 heterocycles. The topological polar surface area (TPSA) is 157 Å². The van der Waals surface area contributed by atoms with Gasteiger partial charge < -0.3 is 27.9 Å². The van der Waals surface area contributed by atoms with Crippen LogP contribution in [0.1, 0.15) is 33.3 Å². The largest absolute Gasteiger partial charge is 0.493 e. The Bertz CT molecular complexity index is 1600. The number of amides is 1. The van der Waals surface area contributed by atoms with Gasteiger partial charge in [0.2, 0.25) is 5.75 Å². The summed E-state index contributed by atoms with van der Waals surface area (Å²) in [4.78, 5) is 34.8. The van der Waals surface area contributed by atoms with E-state index in [-0.39, 0.29) is 29.4 Å². The van der Waals surface area contributed by atoms with E-state index in [0.717, 1.165) is 30.3 Å². The first kappa shape index (κ1) is 29.4. The number of nitrogens with one attached hydrogen (secondary N) is 1. The minimum Gasteiger partial charge on any atom is -0.493 e. The lowest BCUT2D eigenvalue weighted by atomic mass is 10.2. The monoisotopic (exact) mass is 576 g/mol. The molecular weight excluding hydrogens is 548 g/mol. The summed E-state index contributed by atoms with van der Waals surface area (Å²) in [6.45, 7) is 3.64. The molecule has 0 radical (unpaired) electrons. The second-order valence-corrected chi connectivity index (χ2v) is 8.89. The zero-order valence-corrected chi connectivity index (χ0v) is 23.3. The van der Waals surface area contributed by atoms with Gasteiger partial charge in [0.15, 0.2) is 18.1 Å². The first-order chi connectivity index (χ1) is 20.2. The highest BCUT2D eigenvalue weighted by Crippen LogP contribution is 2.38. The van der Waals surface area contributed by atoms with Crippen LogP contribution in [-0.4, -0.2) is 48.4 Å². The molecule has 0 aliphatic heterocycles. The molecule has 0 atom stereocenters. The lowest BCUT2D eigenvalue weighted by Gasteiger charge is -2.11. The van der Waals surface area contributed by atoms with Gasteiger partial charge in [0.25, 0.3) is 0 Å². The predicted molar refractivity (Wildman–Crippen MR) is 151 cm³/mol. The summed E-state index contributed by atoms with van der Waals surface area (Å²) in [5.41, 5.74) is 5.35. The van der Waals surface area contributed by atoms with Gasteiger partial charge in [0.05, 0.1) is 25.4 Å². The fraction of sp³-hybridized carbons (Fsp3) is 0.207. The second-order valence-electron chi connectivity index (χ2n) is 8.89. The molecule has 4 rings (SSSR count). The van der Waals surface area contributed by atoms with Gasteiger partial charge >= 0.3 is 17.6 Å². The number of carbonyl (C=O) groups excluding carboxylic acids is 2. The molecule has 0 saturated heterocycles. The summed E-state index contributed by atoms with van der Waals surface area (Å²) < 4.78 is 28.4. The zero-order valence-electron chi connectivity index (χ0n) is 23.3. The average Bonchev–Trinajstić information content (AvgIpc) is 3.60. The number of aryl methyl sites for hydroxylation is 2. The van der Waals surface area contributed by atoms with Crippen LogP contribution in [0.2, 0.25) is 0 Å². The van der Waals surface area contributed by atoms with E-state index in [0.29, 0.717) is 11.5 Å². The van der Waals surface area contributed by atoms with Crippen LogP contribution in [0, 0.1) is 24.0 Å². The van der Waals surface area contributed by atoms with Crippen LogP contribution in [0.25, 0.3) is 5.69 Å². The number of benzene rings is 2. The van der Waals surface area contributed by atoms with Crippen LogP contribution < -0.4 is 19.6 Å². The SMILES string of the molecule is COC(=O)COc1c(OC)cc(/C=N/NC(=O)c2ccc(COc3ccc(-n4c(C)ccc4C)cc3)o2)cc1[N+](=O)[O-]. The lowest BCUT2D eigenvalue weighted by Crippen LogP contribution is -2.17.